The number of nitrogens with zero attached hydrogens (tertiary/aromatic N) is 1. The van der Waals surface area contributed by atoms with E-state index in [4.69, 9.17) is 21.1 Å². The number of hydrogen-bond acceptors (Lipinski definition) is 3. The van der Waals surface area contributed by atoms with Crippen molar-refractivity contribution in [2.75, 3.05) is 33.4 Å². The Morgan fingerprint density at radius 3 is 2.57 bits per heavy atom. The molecule has 0 saturated carbocycles. The summed E-state index contributed by atoms with van der Waals surface area (Å²) in [4.78, 5) is 2.56. The van der Waals surface area contributed by atoms with E-state index < -0.39 is 0 Å². The molecule has 0 radical (unpaired) electrons. The van der Waals surface area contributed by atoms with Crippen molar-refractivity contribution in [3.05, 3.63) is 23.2 Å². The minimum atomic E-state index is 0.662. The Bertz CT molecular complexity index is 442. The lowest BCUT2D eigenvalue weighted by Crippen LogP contribution is -2.39. The summed E-state index contributed by atoms with van der Waals surface area (Å²) in [6.07, 6.45) is 2.39. The lowest BCUT2D eigenvalue weighted by molar-refractivity contribution is 0.132. The van der Waals surface area contributed by atoms with E-state index in [0.29, 0.717) is 17.4 Å². The summed E-state index contributed by atoms with van der Waals surface area (Å²) in [5.41, 5.74) is 0. The van der Waals surface area contributed by atoms with Gasteiger partial charge >= 0.3 is 0 Å². The molecule has 1 aromatic carbocycles. The molecule has 21 heavy (non-hydrogen) atoms. The van der Waals surface area contributed by atoms with Crippen molar-refractivity contribution >= 4 is 11.6 Å². The summed E-state index contributed by atoms with van der Waals surface area (Å²) in [5.74, 6) is 3.09. The Labute approximate surface area is 133 Å². The van der Waals surface area contributed by atoms with Crippen molar-refractivity contribution < 1.29 is 9.47 Å². The van der Waals surface area contributed by atoms with E-state index in [0.717, 1.165) is 30.6 Å². The van der Waals surface area contributed by atoms with E-state index >= 15 is 0 Å². The van der Waals surface area contributed by atoms with Gasteiger partial charge in [0.25, 0.3) is 0 Å². The van der Waals surface area contributed by atoms with Crippen molar-refractivity contribution in [2.24, 2.45) is 11.8 Å². The van der Waals surface area contributed by atoms with Gasteiger partial charge in [-0.2, -0.15) is 0 Å². The van der Waals surface area contributed by atoms with E-state index in [1.165, 1.54) is 19.5 Å². The summed E-state index contributed by atoms with van der Waals surface area (Å²) in [5, 5.41) is 0.662. The predicted octanol–water partition coefficient (Wildman–Crippen LogP) is 4.10. The first-order chi connectivity index (χ1) is 10.1. The third-order valence-corrected chi connectivity index (χ3v) is 4.18. The van der Waals surface area contributed by atoms with E-state index in [2.05, 4.69) is 18.7 Å². The smallest absolute Gasteiger partial charge is 0.162 e. The van der Waals surface area contributed by atoms with Crippen LogP contribution in [0.1, 0.15) is 26.7 Å². The topological polar surface area (TPSA) is 21.7 Å². The van der Waals surface area contributed by atoms with Gasteiger partial charge in [-0.3, -0.25) is 0 Å². The molecule has 118 valence electrons. The van der Waals surface area contributed by atoms with Gasteiger partial charge < -0.3 is 14.4 Å². The van der Waals surface area contributed by atoms with E-state index in [1.807, 2.05) is 12.1 Å². The minimum absolute atomic E-state index is 0.662. The third kappa shape index (κ3) is 5.08. The number of ether oxygens (including phenoxy) is 2. The number of rotatable bonds is 6. The number of likely N-dealkylation sites (tertiary alicyclic amines) is 1. The molecule has 1 aromatic rings. The fraction of sp³-hybridized carbons (Fsp3) is 0.647. The maximum atomic E-state index is 5.94. The van der Waals surface area contributed by atoms with E-state index in [9.17, 15) is 0 Å². The normalized spacial score (nSPS) is 23.0. The van der Waals surface area contributed by atoms with E-state index in [-0.39, 0.29) is 0 Å². The van der Waals surface area contributed by atoms with Crippen LogP contribution in [0, 0.1) is 11.8 Å². The lowest BCUT2D eigenvalue weighted by atomic mass is 9.92. The molecule has 0 N–H and O–H groups in total. The molecule has 2 unspecified atom stereocenters. The second-order valence-corrected chi connectivity index (χ2v) is 6.64. The first-order valence-corrected chi connectivity index (χ1v) is 8.15. The minimum Gasteiger partial charge on any atom is -0.493 e. The van der Waals surface area contributed by atoms with Crippen LogP contribution in [0.4, 0.5) is 0 Å². The van der Waals surface area contributed by atoms with Crippen molar-refractivity contribution in [2.45, 2.75) is 26.7 Å². The Hall–Kier alpha value is -0.930. The van der Waals surface area contributed by atoms with Crippen LogP contribution in [0.5, 0.6) is 11.5 Å². The lowest BCUT2D eigenvalue weighted by Gasteiger charge is -2.34. The highest BCUT2D eigenvalue weighted by molar-refractivity contribution is 6.30. The predicted molar refractivity (Wildman–Crippen MR) is 87.5 cm³/mol. The van der Waals surface area contributed by atoms with Gasteiger partial charge in [0, 0.05) is 30.7 Å². The van der Waals surface area contributed by atoms with Gasteiger partial charge in [-0.15, -0.1) is 0 Å². The van der Waals surface area contributed by atoms with Crippen molar-refractivity contribution in [3.8, 4) is 11.5 Å². The van der Waals surface area contributed by atoms with Crippen LogP contribution in [0.2, 0.25) is 5.02 Å². The van der Waals surface area contributed by atoms with Gasteiger partial charge in [0.2, 0.25) is 0 Å². The molecule has 2 atom stereocenters. The molecule has 0 spiro atoms. The van der Waals surface area contributed by atoms with Crippen LogP contribution in [-0.4, -0.2) is 38.3 Å². The van der Waals surface area contributed by atoms with Gasteiger partial charge in [0.05, 0.1) is 13.7 Å². The average Bonchev–Trinajstić information content (AvgIpc) is 2.43. The molecule has 1 aliphatic rings. The van der Waals surface area contributed by atoms with Crippen LogP contribution in [0.15, 0.2) is 18.2 Å². The zero-order valence-electron chi connectivity index (χ0n) is 13.3. The van der Waals surface area contributed by atoms with Gasteiger partial charge in [0.15, 0.2) is 11.5 Å². The molecule has 1 aliphatic heterocycles. The molecular weight excluding hydrogens is 286 g/mol. The second-order valence-electron chi connectivity index (χ2n) is 6.20. The molecule has 1 saturated heterocycles. The molecule has 1 heterocycles. The highest BCUT2D eigenvalue weighted by Crippen LogP contribution is 2.30. The zero-order chi connectivity index (χ0) is 15.2. The average molecular weight is 312 g/mol. The molecule has 0 aliphatic carbocycles. The summed E-state index contributed by atoms with van der Waals surface area (Å²) >= 11 is 5.94. The number of methoxy groups -OCH3 is 1. The molecule has 1 fully saturated rings. The van der Waals surface area contributed by atoms with Gasteiger partial charge in [-0.25, -0.2) is 0 Å². The maximum absolute atomic E-state index is 5.94. The number of piperidine rings is 1. The number of halogens is 1. The quantitative estimate of drug-likeness (QED) is 0.738. The van der Waals surface area contributed by atoms with Crippen LogP contribution < -0.4 is 9.47 Å². The Morgan fingerprint density at radius 2 is 1.90 bits per heavy atom. The van der Waals surface area contributed by atoms with Crippen molar-refractivity contribution in [1.82, 2.24) is 4.90 Å². The fourth-order valence-corrected chi connectivity index (χ4v) is 3.37. The highest BCUT2D eigenvalue weighted by Gasteiger charge is 2.21. The molecule has 2 rings (SSSR count). The standard InChI is InChI=1S/C17H26ClNO2/c1-13-9-14(2)12-19(11-13)7-4-8-21-16-6-5-15(18)10-17(16)20-3/h5-6,10,13-14H,4,7-9,11-12H2,1-3H3. The summed E-state index contributed by atoms with van der Waals surface area (Å²) in [6.45, 7) is 8.93. The van der Waals surface area contributed by atoms with Crippen LogP contribution in [-0.2, 0) is 0 Å². The molecular formula is C17H26ClNO2. The van der Waals surface area contributed by atoms with Gasteiger partial charge in [-0.05, 0) is 36.8 Å². The molecule has 3 nitrogen and oxygen atoms in total. The molecule has 4 heteroatoms. The fourth-order valence-electron chi connectivity index (χ4n) is 3.21. The summed E-state index contributed by atoms with van der Waals surface area (Å²) in [6, 6.07) is 5.48. The number of hydrogen-bond donors (Lipinski definition) is 0. The second kappa shape index (κ2) is 7.90. The Balaban J connectivity index is 1.74. The maximum Gasteiger partial charge on any atom is 0.162 e. The monoisotopic (exact) mass is 311 g/mol. The molecule has 0 amide bonds. The summed E-state index contributed by atoms with van der Waals surface area (Å²) in [7, 11) is 1.63. The van der Waals surface area contributed by atoms with Crippen LogP contribution >= 0.6 is 11.6 Å². The van der Waals surface area contributed by atoms with Crippen molar-refractivity contribution in [1.29, 1.82) is 0 Å². The van der Waals surface area contributed by atoms with E-state index in [1.54, 1.807) is 13.2 Å². The highest BCUT2D eigenvalue weighted by atomic mass is 35.5. The Morgan fingerprint density at radius 1 is 1.19 bits per heavy atom. The number of benzene rings is 1. The van der Waals surface area contributed by atoms with Crippen molar-refractivity contribution in [3.63, 3.8) is 0 Å². The van der Waals surface area contributed by atoms with Gasteiger partial charge in [0.1, 0.15) is 0 Å². The first kappa shape index (κ1) is 16.4. The largest absolute Gasteiger partial charge is 0.493 e. The SMILES string of the molecule is COc1cc(Cl)ccc1OCCCN1CC(C)CC(C)C1. The molecule has 0 aromatic heterocycles. The third-order valence-electron chi connectivity index (χ3n) is 3.95. The zero-order valence-corrected chi connectivity index (χ0v) is 14.0. The van der Waals surface area contributed by atoms with Crippen LogP contribution in [0.25, 0.3) is 0 Å². The van der Waals surface area contributed by atoms with Crippen LogP contribution in [0.3, 0.4) is 0 Å². The van der Waals surface area contributed by atoms with Gasteiger partial charge in [-0.1, -0.05) is 25.4 Å². The summed E-state index contributed by atoms with van der Waals surface area (Å²) < 4.78 is 11.1. The molecule has 0 bridgehead atoms. The first-order valence-electron chi connectivity index (χ1n) is 7.77. The Kier molecular flexibility index (Phi) is 6.19.